The number of sulfonamides is 1. The Kier molecular flexibility index (Phi) is 6.48. The Morgan fingerprint density at radius 3 is 2.38 bits per heavy atom. The van der Waals surface area contributed by atoms with Gasteiger partial charge >= 0.3 is 0 Å². The molecule has 5 nitrogen and oxygen atoms in total. The zero-order chi connectivity index (χ0) is 10.3. The molecule has 0 spiro atoms. The Labute approximate surface area is 81.8 Å². The molecule has 1 atom stereocenters. The third-order valence-electron chi connectivity index (χ3n) is 1.33. The highest BCUT2D eigenvalue weighted by Crippen LogP contribution is 1.82. The molecule has 0 heterocycles. The van der Waals surface area contributed by atoms with Gasteiger partial charge in [-0.3, -0.25) is 4.21 Å². The van der Waals surface area contributed by atoms with Crippen LogP contribution >= 0.6 is 0 Å². The second-order valence-corrected chi connectivity index (χ2v) is 6.08. The van der Waals surface area contributed by atoms with Crippen molar-refractivity contribution >= 4 is 20.8 Å². The standard InChI is InChI=1S/C6H16N2O3S2/c1-7-4-6-13(10,11)8-3-5-12(2)9/h7-8H,3-6H2,1-2H3. The number of hydrogen-bond acceptors (Lipinski definition) is 4. The maximum atomic E-state index is 11.1. The average molecular weight is 228 g/mol. The number of nitrogens with one attached hydrogen (secondary N) is 2. The van der Waals surface area contributed by atoms with Crippen LogP contribution in [-0.2, 0) is 20.8 Å². The van der Waals surface area contributed by atoms with Crippen LogP contribution in [0.25, 0.3) is 0 Å². The van der Waals surface area contributed by atoms with Crippen molar-refractivity contribution in [2.45, 2.75) is 0 Å². The van der Waals surface area contributed by atoms with Gasteiger partial charge < -0.3 is 5.32 Å². The minimum absolute atomic E-state index is 0.0554. The lowest BCUT2D eigenvalue weighted by Crippen LogP contribution is -2.33. The van der Waals surface area contributed by atoms with Crippen LogP contribution in [0.4, 0.5) is 0 Å². The summed E-state index contributed by atoms with van der Waals surface area (Å²) < 4.78 is 35.2. The van der Waals surface area contributed by atoms with E-state index in [4.69, 9.17) is 0 Å². The van der Waals surface area contributed by atoms with Gasteiger partial charge in [0.15, 0.2) is 0 Å². The van der Waals surface area contributed by atoms with Gasteiger partial charge in [-0.05, 0) is 7.05 Å². The van der Waals surface area contributed by atoms with Gasteiger partial charge in [-0.1, -0.05) is 0 Å². The molecule has 1 unspecified atom stereocenters. The molecule has 0 radical (unpaired) electrons. The largest absolute Gasteiger partial charge is 0.319 e. The minimum Gasteiger partial charge on any atom is -0.319 e. The molecule has 0 aliphatic rings. The molecule has 2 N–H and O–H groups in total. The monoisotopic (exact) mass is 228 g/mol. The van der Waals surface area contributed by atoms with Crippen molar-refractivity contribution in [3.63, 3.8) is 0 Å². The lowest BCUT2D eigenvalue weighted by molar-refractivity contribution is 0.581. The van der Waals surface area contributed by atoms with E-state index in [1.807, 2.05) is 0 Å². The highest BCUT2D eigenvalue weighted by molar-refractivity contribution is 7.89. The van der Waals surface area contributed by atoms with Gasteiger partial charge in [0.25, 0.3) is 0 Å². The summed E-state index contributed by atoms with van der Waals surface area (Å²) in [6.45, 7) is 0.666. The molecular weight excluding hydrogens is 212 g/mol. The zero-order valence-electron chi connectivity index (χ0n) is 7.87. The van der Waals surface area contributed by atoms with Crippen molar-refractivity contribution in [3.8, 4) is 0 Å². The van der Waals surface area contributed by atoms with Crippen LogP contribution in [0.3, 0.4) is 0 Å². The van der Waals surface area contributed by atoms with Crippen molar-refractivity contribution in [1.82, 2.24) is 10.0 Å². The van der Waals surface area contributed by atoms with E-state index in [1.165, 1.54) is 0 Å². The van der Waals surface area contributed by atoms with E-state index in [-0.39, 0.29) is 12.3 Å². The predicted octanol–water partition coefficient (Wildman–Crippen LogP) is -1.50. The summed E-state index contributed by atoms with van der Waals surface area (Å²) in [5, 5.41) is 2.74. The molecule has 0 fully saturated rings. The lowest BCUT2D eigenvalue weighted by atomic mass is 10.8. The maximum absolute atomic E-state index is 11.1. The summed E-state index contributed by atoms with van der Waals surface area (Å²) in [5.41, 5.74) is 0. The summed E-state index contributed by atoms with van der Waals surface area (Å²) >= 11 is 0. The van der Waals surface area contributed by atoms with Crippen LogP contribution in [0.5, 0.6) is 0 Å². The first kappa shape index (κ1) is 13.0. The fourth-order valence-corrected chi connectivity index (χ4v) is 2.20. The zero-order valence-corrected chi connectivity index (χ0v) is 9.50. The van der Waals surface area contributed by atoms with Gasteiger partial charge in [-0.2, -0.15) is 0 Å². The van der Waals surface area contributed by atoms with Crippen molar-refractivity contribution in [1.29, 1.82) is 0 Å². The van der Waals surface area contributed by atoms with Gasteiger partial charge in [0.05, 0.1) is 5.75 Å². The SMILES string of the molecule is CNCCS(=O)(=O)NCCS(C)=O. The Morgan fingerprint density at radius 1 is 1.31 bits per heavy atom. The van der Waals surface area contributed by atoms with Crippen LogP contribution in [0.15, 0.2) is 0 Å². The van der Waals surface area contributed by atoms with E-state index in [1.54, 1.807) is 13.3 Å². The topological polar surface area (TPSA) is 75.3 Å². The average Bonchev–Trinajstić information content (AvgIpc) is 2.00. The molecule has 0 bridgehead atoms. The predicted molar refractivity (Wildman–Crippen MR) is 54.6 cm³/mol. The first-order chi connectivity index (χ1) is 5.98. The van der Waals surface area contributed by atoms with Gasteiger partial charge in [-0.25, -0.2) is 13.1 Å². The summed E-state index contributed by atoms with van der Waals surface area (Å²) in [6.07, 6.45) is 1.54. The van der Waals surface area contributed by atoms with E-state index in [0.717, 1.165) is 0 Å². The Morgan fingerprint density at radius 2 is 1.92 bits per heavy atom. The molecule has 0 aromatic heterocycles. The fourth-order valence-electron chi connectivity index (χ4n) is 0.649. The molecule has 0 saturated heterocycles. The van der Waals surface area contributed by atoms with E-state index >= 15 is 0 Å². The summed E-state index contributed by atoms with van der Waals surface area (Å²) in [4.78, 5) is 0. The Hall–Kier alpha value is 0.0200. The molecule has 0 aliphatic heterocycles. The molecule has 80 valence electrons. The Balaban J connectivity index is 3.70. The molecular formula is C6H16N2O3S2. The molecule has 0 rings (SSSR count). The molecule has 0 saturated carbocycles. The number of hydrogen-bond donors (Lipinski definition) is 2. The summed E-state index contributed by atoms with van der Waals surface area (Å²) in [6, 6.07) is 0. The van der Waals surface area contributed by atoms with Gasteiger partial charge in [-0.15, -0.1) is 0 Å². The van der Waals surface area contributed by atoms with Crippen molar-refractivity contribution in [3.05, 3.63) is 0 Å². The minimum atomic E-state index is -3.19. The first-order valence-corrected chi connectivity index (χ1v) is 7.28. The normalized spacial score (nSPS) is 14.3. The van der Waals surface area contributed by atoms with Crippen molar-refractivity contribution in [2.24, 2.45) is 0 Å². The van der Waals surface area contributed by atoms with Gasteiger partial charge in [0, 0.05) is 35.9 Å². The van der Waals surface area contributed by atoms with E-state index in [0.29, 0.717) is 12.3 Å². The quantitative estimate of drug-likeness (QED) is 0.556. The molecule has 0 aliphatic carbocycles. The Bertz CT molecular complexity index is 251. The summed E-state index contributed by atoms with van der Waals surface area (Å²) in [7, 11) is -2.44. The van der Waals surface area contributed by atoms with Crippen LogP contribution in [-0.4, -0.2) is 50.5 Å². The van der Waals surface area contributed by atoms with E-state index < -0.39 is 20.8 Å². The highest BCUT2D eigenvalue weighted by Gasteiger charge is 2.07. The summed E-state index contributed by atoms with van der Waals surface area (Å²) in [5.74, 6) is 0.415. The van der Waals surface area contributed by atoms with Gasteiger partial charge in [0.1, 0.15) is 0 Å². The molecule has 7 heteroatoms. The second-order valence-electron chi connectivity index (χ2n) is 2.59. The lowest BCUT2D eigenvalue weighted by Gasteiger charge is -2.04. The van der Waals surface area contributed by atoms with Crippen LogP contribution < -0.4 is 10.0 Å². The van der Waals surface area contributed by atoms with Crippen molar-refractivity contribution in [2.75, 3.05) is 37.9 Å². The maximum Gasteiger partial charge on any atom is 0.212 e. The van der Waals surface area contributed by atoms with Crippen LogP contribution in [0, 0.1) is 0 Å². The first-order valence-electron chi connectivity index (χ1n) is 3.90. The fraction of sp³-hybridized carbons (Fsp3) is 1.00. The highest BCUT2D eigenvalue weighted by atomic mass is 32.2. The third-order valence-corrected chi connectivity index (χ3v) is 3.50. The second kappa shape index (κ2) is 6.47. The smallest absolute Gasteiger partial charge is 0.212 e. The third kappa shape index (κ3) is 8.35. The number of rotatable bonds is 7. The molecule has 0 aromatic carbocycles. The molecule has 0 amide bonds. The van der Waals surface area contributed by atoms with Gasteiger partial charge in [0.2, 0.25) is 10.0 Å². The van der Waals surface area contributed by atoms with Crippen LogP contribution in [0.2, 0.25) is 0 Å². The van der Waals surface area contributed by atoms with E-state index in [2.05, 4.69) is 10.0 Å². The van der Waals surface area contributed by atoms with Crippen LogP contribution in [0.1, 0.15) is 0 Å². The van der Waals surface area contributed by atoms with Crippen molar-refractivity contribution < 1.29 is 12.6 Å². The van der Waals surface area contributed by atoms with E-state index in [9.17, 15) is 12.6 Å². The molecule has 13 heavy (non-hydrogen) atoms. The molecule has 0 aromatic rings.